The van der Waals surface area contributed by atoms with Gasteiger partial charge < -0.3 is 10.1 Å². The molecule has 1 N–H and O–H groups in total. The van der Waals surface area contributed by atoms with Gasteiger partial charge in [0.2, 0.25) is 0 Å². The Labute approximate surface area is 122 Å². The standard InChI is InChI=1S/C16H27NOS/c1-6-11-17-15(12-19-16(2,3)4)13-7-9-14(18-5)10-8-13/h7-10,15,17H,6,11-12H2,1-5H3. The minimum atomic E-state index is 0.304. The van der Waals surface area contributed by atoms with E-state index in [1.807, 2.05) is 23.9 Å². The molecule has 0 aliphatic heterocycles. The molecule has 0 aromatic heterocycles. The first-order chi connectivity index (χ1) is 8.96. The van der Waals surface area contributed by atoms with Gasteiger partial charge in [-0.3, -0.25) is 0 Å². The number of methoxy groups -OCH3 is 1. The van der Waals surface area contributed by atoms with E-state index in [0.29, 0.717) is 10.8 Å². The van der Waals surface area contributed by atoms with Crippen LogP contribution in [0.2, 0.25) is 0 Å². The van der Waals surface area contributed by atoms with Crippen molar-refractivity contribution >= 4 is 11.8 Å². The number of thioether (sulfide) groups is 1. The van der Waals surface area contributed by atoms with Crippen LogP contribution in [-0.2, 0) is 0 Å². The average Bonchev–Trinajstić information content (AvgIpc) is 2.38. The number of benzene rings is 1. The van der Waals surface area contributed by atoms with E-state index in [-0.39, 0.29) is 0 Å². The maximum Gasteiger partial charge on any atom is 0.118 e. The van der Waals surface area contributed by atoms with Gasteiger partial charge >= 0.3 is 0 Å². The van der Waals surface area contributed by atoms with Crippen LogP contribution < -0.4 is 10.1 Å². The van der Waals surface area contributed by atoms with Gasteiger partial charge in [0, 0.05) is 16.5 Å². The summed E-state index contributed by atoms with van der Waals surface area (Å²) in [6.45, 7) is 10.1. The summed E-state index contributed by atoms with van der Waals surface area (Å²) in [6.07, 6.45) is 1.16. The Hall–Kier alpha value is -0.670. The van der Waals surface area contributed by atoms with Crippen molar-refractivity contribution in [3.8, 4) is 5.75 Å². The zero-order valence-electron chi connectivity index (χ0n) is 12.8. The zero-order valence-corrected chi connectivity index (χ0v) is 13.6. The average molecular weight is 281 g/mol. The molecule has 1 unspecified atom stereocenters. The van der Waals surface area contributed by atoms with Gasteiger partial charge in [-0.1, -0.05) is 39.8 Å². The van der Waals surface area contributed by atoms with Crippen LogP contribution in [0.25, 0.3) is 0 Å². The summed E-state index contributed by atoms with van der Waals surface area (Å²) in [7, 11) is 1.71. The lowest BCUT2D eigenvalue weighted by molar-refractivity contribution is 0.414. The van der Waals surface area contributed by atoms with Gasteiger partial charge in [-0.05, 0) is 30.7 Å². The molecule has 1 aromatic rings. The van der Waals surface area contributed by atoms with Gasteiger partial charge in [-0.2, -0.15) is 11.8 Å². The van der Waals surface area contributed by atoms with Gasteiger partial charge in [0.25, 0.3) is 0 Å². The highest BCUT2D eigenvalue weighted by molar-refractivity contribution is 8.00. The molecule has 1 rings (SSSR count). The molecule has 108 valence electrons. The van der Waals surface area contributed by atoms with Crippen LogP contribution in [0, 0.1) is 0 Å². The molecule has 0 amide bonds. The molecule has 0 aliphatic carbocycles. The first kappa shape index (κ1) is 16.4. The number of ether oxygens (including phenoxy) is 1. The summed E-state index contributed by atoms with van der Waals surface area (Å²) in [5, 5.41) is 3.63. The molecule has 0 saturated heterocycles. The Kier molecular flexibility index (Phi) is 6.73. The molecule has 0 aliphatic rings. The van der Waals surface area contributed by atoms with Crippen molar-refractivity contribution in [1.82, 2.24) is 5.32 Å². The SMILES string of the molecule is CCCNC(CSC(C)(C)C)c1ccc(OC)cc1. The van der Waals surface area contributed by atoms with Crippen LogP contribution in [0.4, 0.5) is 0 Å². The van der Waals surface area contributed by atoms with E-state index in [2.05, 4.69) is 45.1 Å². The van der Waals surface area contributed by atoms with E-state index in [1.165, 1.54) is 5.56 Å². The Morgan fingerprint density at radius 3 is 2.32 bits per heavy atom. The first-order valence-electron chi connectivity index (χ1n) is 6.97. The minimum Gasteiger partial charge on any atom is -0.497 e. The second-order valence-electron chi connectivity index (χ2n) is 5.70. The summed E-state index contributed by atoms with van der Waals surface area (Å²) in [5.74, 6) is 2.01. The molecule has 0 heterocycles. The lowest BCUT2D eigenvalue weighted by atomic mass is 10.1. The fourth-order valence-corrected chi connectivity index (χ4v) is 2.74. The highest BCUT2D eigenvalue weighted by Crippen LogP contribution is 2.29. The lowest BCUT2D eigenvalue weighted by Crippen LogP contribution is -2.26. The van der Waals surface area contributed by atoms with Crippen molar-refractivity contribution in [1.29, 1.82) is 0 Å². The second kappa shape index (κ2) is 7.81. The van der Waals surface area contributed by atoms with Crippen LogP contribution in [0.1, 0.15) is 45.7 Å². The third-order valence-electron chi connectivity index (χ3n) is 2.84. The van der Waals surface area contributed by atoms with Crippen LogP contribution in [0.5, 0.6) is 5.75 Å². The molecule has 19 heavy (non-hydrogen) atoms. The lowest BCUT2D eigenvalue weighted by Gasteiger charge is -2.24. The predicted molar refractivity (Wildman–Crippen MR) is 86.2 cm³/mol. The molecule has 2 nitrogen and oxygen atoms in total. The molecular formula is C16H27NOS. The van der Waals surface area contributed by atoms with Crippen molar-refractivity contribution in [3.63, 3.8) is 0 Å². The van der Waals surface area contributed by atoms with Gasteiger partial charge in [0.15, 0.2) is 0 Å². The summed E-state index contributed by atoms with van der Waals surface area (Å²) < 4.78 is 5.52. The number of hydrogen-bond acceptors (Lipinski definition) is 3. The fraction of sp³-hybridized carbons (Fsp3) is 0.625. The molecule has 1 aromatic carbocycles. The van der Waals surface area contributed by atoms with Crippen molar-refractivity contribution in [2.24, 2.45) is 0 Å². The van der Waals surface area contributed by atoms with Crippen molar-refractivity contribution in [2.45, 2.75) is 44.9 Å². The summed E-state index contributed by atoms with van der Waals surface area (Å²) in [6, 6.07) is 8.82. The van der Waals surface area contributed by atoms with Crippen molar-refractivity contribution in [2.75, 3.05) is 19.4 Å². The van der Waals surface area contributed by atoms with Crippen molar-refractivity contribution in [3.05, 3.63) is 29.8 Å². The molecule has 3 heteroatoms. The third kappa shape index (κ3) is 6.35. The molecule has 0 bridgehead atoms. The highest BCUT2D eigenvalue weighted by Gasteiger charge is 2.16. The predicted octanol–water partition coefficient (Wildman–Crippen LogP) is 4.27. The monoisotopic (exact) mass is 281 g/mol. The molecule has 0 saturated carbocycles. The van der Waals surface area contributed by atoms with E-state index in [4.69, 9.17) is 4.74 Å². The molecule has 0 radical (unpaired) electrons. The van der Waals surface area contributed by atoms with Gasteiger partial charge in [0.1, 0.15) is 5.75 Å². The van der Waals surface area contributed by atoms with Gasteiger partial charge in [-0.25, -0.2) is 0 Å². The summed E-state index contributed by atoms with van der Waals surface area (Å²) in [4.78, 5) is 0. The second-order valence-corrected chi connectivity index (χ2v) is 7.55. The number of hydrogen-bond donors (Lipinski definition) is 1. The summed E-state index contributed by atoms with van der Waals surface area (Å²) in [5.41, 5.74) is 1.34. The highest BCUT2D eigenvalue weighted by atomic mass is 32.2. The minimum absolute atomic E-state index is 0.304. The van der Waals surface area contributed by atoms with Gasteiger partial charge in [-0.15, -0.1) is 0 Å². The van der Waals surface area contributed by atoms with Crippen molar-refractivity contribution < 1.29 is 4.74 Å². The molecule has 0 spiro atoms. The van der Waals surface area contributed by atoms with Crippen LogP contribution in [-0.4, -0.2) is 24.2 Å². The number of nitrogens with one attached hydrogen (secondary N) is 1. The van der Waals surface area contributed by atoms with E-state index in [1.54, 1.807) is 7.11 Å². The Bertz CT molecular complexity index is 356. The topological polar surface area (TPSA) is 21.3 Å². The van der Waals surface area contributed by atoms with Gasteiger partial charge in [0.05, 0.1) is 7.11 Å². The van der Waals surface area contributed by atoms with E-state index >= 15 is 0 Å². The molecular weight excluding hydrogens is 254 g/mol. The van der Waals surface area contributed by atoms with Crippen LogP contribution in [0.3, 0.4) is 0 Å². The van der Waals surface area contributed by atoms with Crippen LogP contribution in [0.15, 0.2) is 24.3 Å². The fourth-order valence-electron chi connectivity index (χ4n) is 1.76. The molecule has 0 fully saturated rings. The van der Waals surface area contributed by atoms with E-state index < -0.39 is 0 Å². The normalized spacial score (nSPS) is 13.3. The van der Waals surface area contributed by atoms with E-state index in [0.717, 1.165) is 24.5 Å². The Morgan fingerprint density at radius 1 is 1.21 bits per heavy atom. The Balaban J connectivity index is 2.70. The smallest absolute Gasteiger partial charge is 0.118 e. The number of rotatable bonds is 7. The third-order valence-corrected chi connectivity index (χ3v) is 4.21. The maximum atomic E-state index is 5.22. The van der Waals surface area contributed by atoms with Crippen LogP contribution >= 0.6 is 11.8 Å². The maximum absolute atomic E-state index is 5.22. The van der Waals surface area contributed by atoms with E-state index in [9.17, 15) is 0 Å². The largest absolute Gasteiger partial charge is 0.497 e. The summed E-state index contributed by atoms with van der Waals surface area (Å²) >= 11 is 2.00. The molecule has 1 atom stereocenters. The zero-order chi connectivity index (χ0) is 14.3. The quantitative estimate of drug-likeness (QED) is 0.806. The first-order valence-corrected chi connectivity index (χ1v) is 7.96. The Morgan fingerprint density at radius 2 is 1.84 bits per heavy atom.